The number of rotatable bonds is 5. The summed E-state index contributed by atoms with van der Waals surface area (Å²) in [4.78, 5) is 20.9. The van der Waals surface area contributed by atoms with Gasteiger partial charge in [0.25, 0.3) is 5.92 Å². The van der Waals surface area contributed by atoms with E-state index in [1.807, 2.05) is 4.90 Å². The maximum atomic E-state index is 13.3. The molecule has 1 saturated carbocycles. The van der Waals surface area contributed by atoms with Gasteiger partial charge >= 0.3 is 5.97 Å². The lowest BCUT2D eigenvalue weighted by Crippen LogP contribution is -2.28. The van der Waals surface area contributed by atoms with E-state index in [4.69, 9.17) is 5.11 Å². The van der Waals surface area contributed by atoms with Gasteiger partial charge in [-0.2, -0.15) is 0 Å². The predicted octanol–water partition coefficient (Wildman–Crippen LogP) is 1.22. The molecule has 0 bridgehead atoms. The molecule has 7 nitrogen and oxygen atoms in total. The van der Waals surface area contributed by atoms with Crippen LogP contribution >= 0.6 is 0 Å². The van der Waals surface area contributed by atoms with Gasteiger partial charge in [0.1, 0.15) is 5.82 Å². The molecule has 25 heavy (non-hydrogen) atoms. The molecule has 0 radical (unpaired) electrons. The molecule has 2 N–H and O–H groups in total. The highest BCUT2D eigenvalue weighted by Crippen LogP contribution is 2.59. The van der Waals surface area contributed by atoms with Crippen molar-refractivity contribution in [2.24, 2.45) is 11.8 Å². The van der Waals surface area contributed by atoms with Crippen molar-refractivity contribution in [3.63, 3.8) is 0 Å². The summed E-state index contributed by atoms with van der Waals surface area (Å²) in [7, 11) is 0. The minimum absolute atomic E-state index is 0.0626. The summed E-state index contributed by atoms with van der Waals surface area (Å²) in [6, 6.07) is 3.52. The Morgan fingerprint density at radius 2 is 2.04 bits per heavy atom. The minimum atomic E-state index is -2.54. The van der Waals surface area contributed by atoms with Crippen molar-refractivity contribution < 1.29 is 23.8 Å². The van der Waals surface area contributed by atoms with Crippen molar-refractivity contribution in [1.82, 2.24) is 14.5 Å². The van der Waals surface area contributed by atoms with Gasteiger partial charge in [0.2, 0.25) is 0 Å². The third-order valence-electron chi connectivity index (χ3n) is 4.93. The highest BCUT2D eigenvalue weighted by molar-refractivity contribution is 5.84. The first kappa shape index (κ1) is 15.9. The molecule has 0 aromatic carbocycles. The van der Waals surface area contributed by atoms with Gasteiger partial charge < -0.3 is 19.7 Å². The summed E-state index contributed by atoms with van der Waals surface area (Å²) in [6.07, 6.45) is 2.79. The Labute approximate surface area is 141 Å². The quantitative estimate of drug-likeness (QED) is 0.842. The van der Waals surface area contributed by atoms with E-state index in [-0.39, 0.29) is 25.4 Å². The summed E-state index contributed by atoms with van der Waals surface area (Å²) in [5.74, 6) is -4.26. The molecule has 2 fully saturated rings. The predicted molar refractivity (Wildman–Crippen MR) is 82.6 cm³/mol. The first-order valence-electron chi connectivity index (χ1n) is 7.87. The molecule has 2 atom stereocenters. The van der Waals surface area contributed by atoms with E-state index in [9.17, 15) is 18.7 Å². The average Bonchev–Trinajstić information content (AvgIpc) is 3.05. The van der Waals surface area contributed by atoms with Crippen LogP contribution in [-0.2, 0) is 13.2 Å². The van der Waals surface area contributed by atoms with Crippen LogP contribution in [0.25, 0.3) is 0 Å². The van der Waals surface area contributed by atoms with Gasteiger partial charge in [-0.1, -0.05) is 6.07 Å². The Morgan fingerprint density at radius 3 is 2.64 bits per heavy atom. The first-order valence-corrected chi connectivity index (χ1v) is 7.87. The van der Waals surface area contributed by atoms with Gasteiger partial charge in [-0.3, -0.25) is 0 Å². The smallest absolute Gasteiger partial charge is 0.356 e. The average molecular weight is 350 g/mol. The summed E-state index contributed by atoms with van der Waals surface area (Å²) < 4.78 is 28.2. The van der Waals surface area contributed by atoms with E-state index in [1.165, 1.54) is 12.5 Å². The number of carboxylic acids is 1. The summed E-state index contributed by atoms with van der Waals surface area (Å²) in [6.45, 7) is 0.573. The Hall–Kier alpha value is -2.55. The van der Waals surface area contributed by atoms with Crippen LogP contribution in [-0.4, -0.2) is 49.7 Å². The highest BCUT2D eigenvalue weighted by atomic mass is 19.3. The van der Waals surface area contributed by atoms with Gasteiger partial charge in [-0.25, -0.2) is 23.5 Å². The summed E-state index contributed by atoms with van der Waals surface area (Å²) in [5.41, 5.74) is 1.10. The molecule has 2 unspecified atom stereocenters. The fourth-order valence-corrected chi connectivity index (χ4v) is 3.42. The number of hydrogen-bond acceptors (Lipinski definition) is 5. The molecule has 0 amide bonds. The number of aromatic carboxylic acids is 1. The van der Waals surface area contributed by atoms with Crippen LogP contribution in [0, 0.1) is 11.8 Å². The lowest BCUT2D eigenvalue weighted by Gasteiger charge is -2.22. The number of carbonyl (C=O) groups is 1. The SMILES string of the molecule is O=C(O)c1cn(Cc2ccc(N3CC4C(C3)C4(F)F)nc2CO)cn1. The number of pyridine rings is 1. The molecule has 1 saturated heterocycles. The Balaban J connectivity index is 1.51. The maximum Gasteiger partial charge on any atom is 0.356 e. The molecule has 2 aromatic heterocycles. The van der Waals surface area contributed by atoms with Crippen LogP contribution < -0.4 is 4.90 Å². The monoisotopic (exact) mass is 350 g/mol. The molecule has 1 aliphatic heterocycles. The second-order valence-electron chi connectivity index (χ2n) is 6.46. The van der Waals surface area contributed by atoms with Crippen LogP contribution in [0.15, 0.2) is 24.7 Å². The third kappa shape index (κ3) is 2.64. The second-order valence-corrected chi connectivity index (χ2v) is 6.46. The molecule has 3 heterocycles. The number of nitrogens with zero attached hydrogens (tertiary/aromatic N) is 4. The van der Waals surface area contributed by atoms with Crippen molar-refractivity contribution in [3.05, 3.63) is 41.6 Å². The number of halogens is 2. The van der Waals surface area contributed by atoms with Crippen LogP contribution in [0.2, 0.25) is 0 Å². The van der Waals surface area contributed by atoms with Gasteiger partial charge in [-0.05, 0) is 11.6 Å². The zero-order valence-electron chi connectivity index (χ0n) is 13.1. The van der Waals surface area contributed by atoms with Gasteiger partial charge in [0.15, 0.2) is 5.69 Å². The van der Waals surface area contributed by atoms with Crippen molar-refractivity contribution in [2.45, 2.75) is 19.1 Å². The van der Waals surface area contributed by atoms with Gasteiger partial charge in [0.05, 0.1) is 37.0 Å². The standard InChI is InChI=1S/C16H16F2N4O3/c17-16(18)10-4-22(5-11(10)16)14-2-1-9(13(7-23)20-14)3-21-6-12(15(24)25)19-8-21/h1-2,6,8,10-11,23H,3-5,7H2,(H,24,25). The van der Waals surface area contributed by atoms with Crippen LogP contribution in [0.5, 0.6) is 0 Å². The number of hydrogen-bond donors (Lipinski definition) is 2. The maximum absolute atomic E-state index is 13.3. The molecular weight excluding hydrogens is 334 g/mol. The van der Waals surface area contributed by atoms with E-state index >= 15 is 0 Å². The number of aliphatic hydroxyl groups excluding tert-OH is 1. The number of aliphatic hydroxyl groups is 1. The number of piperidine rings is 1. The Bertz CT molecular complexity index is 825. The fourth-order valence-electron chi connectivity index (χ4n) is 3.42. The number of imidazole rings is 1. The van der Waals surface area contributed by atoms with E-state index in [0.717, 1.165) is 5.56 Å². The lowest BCUT2D eigenvalue weighted by atomic mass is 10.2. The van der Waals surface area contributed by atoms with Gasteiger partial charge in [-0.15, -0.1) is 0 Å². The molecule has 9 heteroatoms. The van der Waals surface area contributed by atoms with E-state index in [2.05, 4.69) is 9.97 Å². The summed E-state index contributed by atoms with van der Waals surface area (Å²) in [5, 5.41) is 18.5. The summed E-state index contributed by atoms with van der Waals surface area (Å²) >= 11 is 0. The number of anilines is 1. The van der Waals surface area contributed by atoms with E-state index in [0.29, 0.717) is 18.1 Å². The largest absolute Gasteiger partial charge is 0.476 e. The van der Waals surface area contributed by atoms with Crippen molar-refractivity contribution in [1.29, 1.82) is 0 Å². The van der Waals surface area contributed by atoms with Crippen LogP contribution in [0.3, 0.4) is 0 Å². The Kier molecular flexibility index (Phi) is 3.50. The number of aromatic nitrogens is 3. The van der Waals surface area contributed by atoms with Crippen molar-refractivity contribution >= 4 is 11.8 Å². The highest BCUT2D eigenvalue weighted by Gasteiger charge is 2.71. The number of fused-ring (bicyclic) bond motifs is 1. The van der Waals surface area contributed by atoms with Crippen molar-refractivity contribution in [2.75, 3.05) is 18.0 Å². The molecule has 132 valence electrons. The first-order chi connectivity index (χ1) is 11.9. The second kappa shape index (κ2) is 5.48. The minimum Gasteiger partial charge on any atom is -0.476 e. The normalized spacial score (nSPS) is 23.6. The molecule has 2 aromatic rings. The number of carboxylic acid groups (broad SMARTS) is 1. The molecular formula is C16H16F2N4O3. The van der Waals surface area contributed by atoms with Crippen molar-refractivity contribution in [3.8, 4) is 0 Å². The Morgan fingerprint density at radius 1 is 1.32 bits per heavy atom. The topological polar surface area (TPSA) is 91.5 Å². The third-order valence-corrected chi connectivity index (χ3v) is 4.93. The van der Waals surface area contributed by atoms with Gasteiger partial charge in [0, 0.05) is 19.3 Å². The zero-order chi connectivity index (χ0) is 17.8. The van der Waals surface area contributed by atoms with Crippen LogP contribution in [0.4, 0.5) is 14.6 Å². The van der Waals surface area contributed by atoms with Crippen LogP contribution in [0.1, 0.15) is 21.7 Å². The zero-order valence-corrected chi connectivity index (χ0v) is 13.1. The fraction of sp³-hybridized carbons (Fsp3) is 0.438. The number of alkyl halides is 2. The molecule has 4 rings (SSSR count). The lowest BCUT2D eigenvalue weighted by molar-refractivity contribution is 0.0690. The van der Waals surface area contributed by atoms with E-state index < -0.39 is 23.7 Å². The molecule has 0 spiro atoms. The van der Waals surface area contributed by atoms with E-state index in [1.54, 1.807) is 16.7 Å². The molecule has 2 aliphatic rings. The molecule has 1 aliphatic carbocycles.